The van der Waals surface area contributed by atoms with Crippen LogP contribution in [0, 0.1) is 0 Å². The number of anilines is 2. The van der Waals surface area contributed by atoms with Gasteiger partial charge in [0.1, 0.15) is 0 Å². The fraction of sp³-hybridized carbons (Fsp3) is 0.0952. The summed E-state index contributed by atoms with van der Waals surface area (Å²) in [5.74, 6) is 0. The lowest BCUT2D eigenvalue weighted by molar-refractivity contribution is 0.687. The quantitative estimate of drug-likeness (QED) is 0.401. The largest absolute Gasteiger partial charge is 0.330 e. The van der Waals surface area contributed by atoms with Gasteiger partial charge in [0.25, 0.3) is 0 Å². The molecule has 0 spiro atoms. The summed E-state index contributed by atoms with van der Waals surface area (Å²) in [6, 6.07) is 18.4. The molecule has 0 saturated heterocycles. The molecule has 0 atom stereocenters. The maximum absolute atomic E-state index is 5.41. The van der Waals surface area contributed by atoms with Crippen molar-refractivity contribution in [3.63, 3.8) is 0 Å². The molecule has 6 nitrogen and oxygen atoms in total. The Bertz CT molecular complexity index is 1090. The van der Waals surface area contributed by atoms with Gasteiger partial charge in [-0.3, -0.25) is 9.36 Å². The number of hydrogen-bond acceptors (Lipinski definition) is 3. The third kappa shape index (κ3) is 5.52. The zero-order chi connectivity index (χ0) is 20.1. The molecule has 0 fully saturated rings. The van der Waals surface area contributed by atoms with Crippen molar-refractivity contribution >= 4 is 44.6 Å². The molecule has 0 saturated carbocycles. The number of rotatable bonds is 6. The van der Waals surface area contributed by atoms with Crippen molar-refractivity contribution in [1.29, 1.82) is 0 Å². The van der Waals surface area contributed by atoms with Crippen molar-refractivity contribution < 1.29 is 0 Å². The van der Waals surface area contributed by atoms with Crippen molar-refractivity contribution in [1.82, 2.24) is 19.6 Å². The topological polar surface area (TPSA) is 59.7 Å². The second kappa shape index (κ2) is 9.02. The summed E-state index contributed by atoms with van der Waals surface area (Å²) in [7, 11) is 0. The smallest absolute Gasteiger partial charge is 0.175 e. The molecule has 4 aromatic rings. The van der Waals surface area contributed by atoms with Crippen molar-refractivity contribution in [3.8, 4) is 0 Å². The predicted molar refractivity (Wildman–Crippen MR) is 123 cm³/mol. The lowest BCUT2D eigenvalue weighted by Crippen LogP contribution is -2.18. The third-order valence-corrected chi connectivity index (χ3v) is 4.96. The standard InChI is InChI=1S/C21H19BrN6S/c22-18-8-6-17(7-9-18)13-28-15-20(11-24-28)26-21(29)25-19-10-23-27(14-19)12-16-4-2-1-3-5-16/h1-11,14-15H,12-13H2,(H2,25,26,29). The Morgan fingerprint density at radius 3 is 1.86 bits per heavy atom. The molecule has 0 bridgehead atoms. The van der Waals surface area contributed by atoms with Gasteiger partial charge in [-0.1, -0.05) is 58.4 Å². The number of aromatic nitrogens is 4. The summed E-state index contributed by atoms with van der Waals surface area (Å²) in [6.07, 6.45) is 7.37. The summed E-state index contributed by atoms with van der Waals surface area (Å²) in [4.78, 5) is 0. The second-order valence-electron chi connectivity index (χ2n) is 6.54. The van der Waals surface area contributed by atoms with Gasteiger partial charge < -0.3 is 10.6 Å². The molecular formula is C21H19BrN6S. The first kappa shape index (κ1) is 19.4. The Labute approximate surface area is 182 Å². The fourth-order valence-corrected chi connectivity index (χ4v) is 3.37. The molecule has 0 radical (unpaired) electrons. The Hall–Kier alpha value is -2.97. The van der Waals surface area contributed by atoms with Gasteiger partial charge in [-0.25, -0.2) is 0 Å². The molecule has 0 amide bonds. The van der Waals surface area contributed by atoms with E-state index in [1.54, 1.807) is 12.4 Å². The maximum Gasteiger partial charge on any atom is 0.175 e. The molecule has 29 heavy (non-hydrogen) atoms. The first-order chi connectivity index (χ1) is 14.1. The Balaban J connectivity index is 1.31. The highest BCUT2D eigenvalue weighted by molar-refractivity contribution is 9.10. The molecule has 2 aromatic heterocycles. The molecule has 0 aliphatic rings. The van der Waals surface area contributed by atoms with Gasteiger partial charge in [0.05, 0.1) is 36.9 Å². The summed E-state index contributed by atoms with van der Waals surface area (Å²) < 4.78 is 4.80. The number of benzene rings is 2. The molecule has 146 valence electrons. The SMILES string of the molecule is S=C(Nc1cnn(Cc2ccccc2)c1)Nc1cnn(Cc2ccc(Br)cc2)c1. The first-order valence-electron chi connectivity index (χ1n) is 9.05. The lowest BCUT2D eigenvalue weighted by Gasteiger charge is -2.06. The first-order valence-corrected chi connectivity index (χ1v) is 10.3. The predicted octanol–water partition coefficient (Wildman–Crippen LogP) is 4.75. The van der Waals surface area contributed by atoms with Gasteiger partial charge in [-0.05, 0) is 35.5 Å². The number of thiocarbonyl (C=S) groups is 1. The van der Waals surface area contributed by atoms with Crippen LogP contribution in [0.25, 0.3) is 0 Å². The van der Waals surface area contributed by atoms with Crippen LogP contribution in [-0.4, -0.2) is 24.7 Å². The van der Waals surface area contributed by atoms with Gasteiger partial charge in [0.2, 0.25) is 0 Å². The van der Waals surface area contributed by atoms with E-state index in [4.69, 9.17) is 12.2 Å². The van der Waals surface area contributed by atoms with Crippen molar-refractivity contribution in [2.24, 2.45) is 0 Å². The molecule has 0 unspecified atom stereocenters. The van der Waals surface area contributed by atoms with E-state index in [-0.39, 0.29) is 0 Å². The summed E-state index contributed by atoms with van der Waals surface area (Å²) in [5.41, 5.74) is 4.03. The van der Waals surface area contributed by atoms with E-state index in [9.17, 15) is 0 Å². The molecule has 4 rings (SSSR count). The van der Waals surface area contributed by atoms with Crippen LogP contribution in [0.4, 0.5) is 11.4 Å². The van der Waals surface area contributed by atoms with Crippen LogP contribution >= 0.6 is 28.1 Å². The Morgan fingerprint density at radius 1 is 0.793 bits per heavy atom. The van der Waals surface area contributed by atoms with Crippen molar-refractivity contribution in [2.45, 2.75) is 13.1 Å². The third-order valence-electron chi connectivity index (χ3n) is 4.23. The number of hydrogen-bond donors (Lipinski definition) is 2. The Morgan fingerprint density at radius 2 is 1.31 bits per heavy atom. The minimum atomic E-state index is 0.493. The molecule has 2 N–H and O–H groups in total. The molecule has 0 aliphatic carbocycles. The van der Waals surface area contributed by atoms with Crippen LogP contribution in [0.1, 0.15) is 11.1 Å². The second-order valence-corrected chi connectivity index (χ2v) is 7.87. The lowest BCUT2D eigenvalue weighted by atomic mass is 10.2. The number of nitrogens with one attached hydrogen (secondary N) is 2. The Kier molecular flexibility index (Phi) is 6.02. The zero-order valence-electron chi connectivity index (χ0n) is 15.5. The van der Waals surface area contributed by atoms with Crippen LogP contribution in [0.5, 0.6) is 0 Å². The minimum Gasteiger partial charge on any atom is -0.330 e. The van der Waals surface area contributed by atoms with E-state index in [1.807, 2.05) is 52.1 Å². The van der Waals surface area contributed by atoms with Crippen LogP contribution in [0.3, 0.4) is 0 Å². The van der Waals surface area contributed by atoms with Gasteiger partial charge >= 0.3 is 0 Å². The zero-order valence-corrected chi connectivity index (χ0v) is 17.9. The van der Waals surface area contributed by atoms with Gasteiger partial charge in [-0.2, -0.15) is 10.2 Å². The normalized spacial score (nSPS) is 10.7. The highest BCUT2D eigenvalue weighted by atomic mass is 79.9. The van der Waals surface area contributed by atoms with Crippen LogP contribution in [-0.2, 0) is 13.1 Å². The van der Waals surface area contributed by atoms with Crippen LogP contribution in [0.15, 0.2) is 83.9 Å². The minimum absolute atomic E-state index is 0.493. The van der Waals surface area contributed by atoms with E-state index in [0.29, 0.717) is 18.2 Å². The molecule has 2 heterocycles. The number of halogens is 1. The average molecular weight is 467 g/mol. The van der Waals surface area contributed by atoms with E-state index >= 15 is 0 Å². The number of nitrogens with zero attached hydrogens (tertiary/aromatic N) is 4. The summed E-state index contributed by atoms with van der Waals surface area (Å²) in [6.45, 7) is 1.41. The van der Waals surface area contributed by atoms with E-state index in [1.165, 1.54) is 11.1 Å². The summed E-state index contributed by atoms with van der Waals surface area (Å²) >= 11 is 8.86. The van der Waals surface area contributed by atoms with E-state index in [2.05, 4.69) is 61.0 Å². The van der Waals surface area contributed by atoms with Crippen LogP contribution < -0.4 is 10.6 Å². The fourth-order valence-electron chi connectivity index (χ4n) is 2.87. The molecular weight excluding hydrogens is 448 g/mol. The van der Waals surface area contributed by atoms with Gasteiger partial charge in [0, 0.05) is 16.9 Å². The van der Waals surface area contributed by atoms with E-state index < -0.39 is 0 Å². The van der Waals surface area contributed by atoms with Crippen molar-refractivity contribution in [3.05, 3.63) is 95.0 Å². The molecule has 2 aromatic carbocycles. The highest BCUT2D eigenvalue weighted by Crippen LogP contribution is 2.13. The highest BCUT2D eigenvalue weighted by Gasteiger charge is 2.05. The van der Waals surface area contributed by atoms with Crippen molar-refractivity contribution in [2.75, 3.05) is 10.6 Å². The van der Waals surface area contributed by atoms with Gasteiger partial charge in [0.15, 0.2) is 5.11 Å². The monoisotopic (exact) mass is 466 g/mol. The average Bonchev–Trinajstić information content (AvgIpc) is 3.34. The maximum atomic E-state index is 5.41. The molecule has 0 aliphatic heterocycles. The van der Waals surface area contributed by atoms with Crippen LogP contribution in [0.2, 0.25) is 0 Å². The summed E-state index contributed by atoms with van der Waals surface area (Å²) in [5, 5.41) is 15.6. The van der Waals surface area contributed by atoms with E-state index in [0.717, 1.165) is 15.8 Å². The van der Waals surface area contributed by atoms with Gasteiger partial charge in [-0.15, -0.1) is 0 Å². The molecule has 8 heteroatoms.